The van der Waals surface area contributed by atoms with Gasteiger partial charge in [0.25, 0.3) is 0 Å². The van der Waals surface area contributed by atoms with E-state index in [0.29, 0.717) is 18.2 Å². The predicted molar refractivity (Wildman–Crippen MR) is 84.5 cm³/mol. The number of carbonyl (C=O) groups excluding carboxylic acids is 2. The van der Waals surface area contributed by atoms with E-state index in [9.17, 15) is 18.4 Å². The molecule has 0 spiro atoms. The van der Waals surface area contributed by atoms with Crippen molar-refractivity contribution in [1.82, 2.24) is 0 Å². The molecule has 0 atom stereocenters. The molecule has 120 valence electrons. The Bertz CT molecular complexity index is 732. The third kappa shape index (κ3) is 4.88. The van der Waals surface area contributed by atoms with Crippen molar-refractivity contribution in [3.63, 3.8) is 0 Å². The highest BCUT2D eigenvalue weighted by Gasteiger charge is 2.08. The highest BCUT2D eigenvalue weighted by atomic mass is 19.1. The Hall–Kier alpha value is -2.76. The van der Waals surface area contributed by atoms with Gasteiger partial charge in [0.05, 0.1) is 5.69 Å². The van der Waals surface area contributed by atoms with E-state index >= 15 is 0 Å². The highest BCUT2D eigenvalue weighted by molar-refractivity contribution is 5.95. The van der Waals surface area contributed by atoms with Crippen LogP contribution >= 0.6 is 0 Å². The summed E-state index contributed by atoms with van der Waals surface area (Å²) in [5.41, 5.74) is 1.24. The lowest BCUT2D eigenvalue weighted by Crippen LogP contribution is -2.17. The number of ketones is 1. The molecule has 2 aromatic rings. The van der Waals surface area contributed by atoms with Gasteiger partial charge >= 0.3 is 0 Å². The van der Waals surface area contributed by atoms with Gasteiger partial charge in [0, 0.05) is 30.3 Å². The summed E-state index contributed by atoms with van der Waals surface area (Å²) in [7, 11) is 0. The van der Waals surface area contributed by atoms with Crippen LogP contribution in [-0.4, -0.2) is 18.2 Å². The largest absolute Gasteiger partial charge is 0.385 e. The number of anilines is 2. The zero-order valence-corrected chi connectivity index (χ0v) is 12.5. The molecule has 0 saturated heterocycles. The zero-order valence-electron chi connectivity index (χ0n) is 12.5. The summed E-state index contributed by atoms with van der Waals surface area (Å²) in [5.74, 6) is -1.96. The molecule has 0 aliphatic heterocycles. The number of rotatable bonds is 6. The summed E-state index contributed by atoms with van der Waals surface area (Å²) in [6.45, 7) is 1.79. The number of carbonyl (C=O) groups is 2. The second kappa shape index (κ2) is 7.49. The van der Waals surface area contributed by atoms with Gasteiger partial charge in [0.2, 0.25) is 5.91 Å². The number of nitrogens with one attached hydrogen (secondary N) is 2. The quantitative estimate of drug-likeness (QED) is 0.800. The minimum Gasteiger partial charge on any atom is -0.385 e. The Balaban J connectivity index is 1.85. The first kappa shape index (κ1) is 16.6. The van der Waals surface area contributed by atoms with Crippen molar-refractivity contribution in [3.05, 3.63) is 59.7 Å². The molecule has 1 amide bonds. The maximum atomic E-state index is 13.4. The fourth-order valence-corrected chi connectivity index (χ4v) is 1.97. The standard InChI is InChI=1S/C17H16F2N2O2/c1-11(22)12-3-2-4-14(9-12)20-8-7-17(23)21-16-6-5-13(18)10-15(16)19/h2-6,9-10,20H,7-8H2,1H3,(H,21,23). The molecular weight excluding hydrogens is 302 g/mol. The third-order valence-electron chi connectivity index (χ3n) is 3.16. The molecule has 0 aromatic heterocycles. The summed E-state index contributed by atoms with van der Waals surface area (Å²) >= 11 is 0. The molecule has 0 radical (unpaired) electrons. The Labute approximate surface area is 132 Å². The maximum Gasteiger partial charge on any atom is 0.226 e. The second-order valence-electron chi connectivity index (χ2n) is 4.99. The molecule has 4 nitrogen and oxygen atoms in total. The van der Waals surface area contributed by atoms with E-state index in [4.69, 9.17) is 0 Å². The summed E-state index contributed by atoms with van der Waals surface area (Å²) in [5, 5.41) is 5.39. The second-order valence-corrected chi connectivity index (χ2v) is 4.99. The van der Waals surface area contributed by atoms with E-state index in [2.05, 4.69) is 10.6 Å². The normalized spacial score (nSPS) is 10.2. The minimum absolute atomic E-state index is 0.0434. The van der Waals surface area contributed by atoms with E-state index in [1.54, 1.807) is 24.3 Å². The Morgan fingerprint density at radius 1 is 1.09 bits per heavy atom. The molecule has 23 heavy (non-hydrogen) atoms. The van der Waals surface area contributed by atoms with Crippen LogP contribution in [0.1, 0.15) is 23.7 Å². The predicted octanol–water partition coefficient (Wildman–Crippen LogP) is 3.61. The molecule has 0 bridgehead atoms. The molecule has 0 fully saturated rings. The molecule has 0 aliphatic rings. The van der Waals surface area contributed by atoms with Gasteiger partial charge in [0.15, 0.2) is 5.78 Å². The number of hydrogen-bond acceptors (Lipinski definition) is 3. The molecule has 0 saturated carbocycles. The van der Waals surface area contributed by atoms with Gasteiger partial charge < -0.3 is 10.6 Å². The van der Waals surface area contributed by atoms with Gasteiger partial charge in [-0.3, -0.25) is 9.59 Å². The van der Waals surface area contributed by atoms with Crippen molar-refractivity contribution < 1.29 is 18.4 Å². The van der Waals surface area contributed by atoms with Gasteiger partial charge in [-0.2, -0.15) is 0 Å². The molecule has 2 rings (SSSR count). The van der Waals surface area contributed by atoms with Gasteiger partial charge in [-0.05, 0) is 31.2 Å². The van der Waals surface area contributed by atoms with Crippen molar-refractivity contribution in [2.45, 2.75) is 13.3 Å². The lowest BCUT2D eigenvalue weighted by atomic mass is 10.1. The van der Waals surface area contributed by atoms with Crippen LogP contribution in [0.15, 0.2) is 42.5 Å². The van der Waals surface area contributed by atoms with Crippen LogP contribution < -0.4 is 10.6 Å². The molecule has 2 aromatic carbocycles. The lowest BCUT2D eigenvalue weighted by Gasteiger charge is -2.09. The highest BCUT2D eigenvalue weighted by Crippen LogP contribution is 2.15. The molecule has 0 aliphatic carbocycles. The molecular formula is C17H16F2N2O2. The zero-order chi connectivity index (χ0) is 16.8. The van der Waals surface area contributed by atoms with Gasteiger partial charge in [0.1, 0.15) is 11.6 Å². The maximum absolute atomic E-state index is 13.4. The average molecular weight is 318 g/mol. The molecule has 0 heterocycles. The van der Waals surface area contributed by atoms with Crippen molar-refractivity contribution in [3.8, 4) is 0 Å². The first-order chi connectivity index (χ1) is 11.0. The third-order valence-corrected chi connectivity index (χ3v) is 3.16. The fraction of sp³-hybridized carbons (Fsp3) is 0.176. The SMILES string of the molecule is CC(=O)c1cccc(NCCC(=O)Nc2ccc(F)cc2F)c1. The van der Waals surface area contributed by atoms with E-state index in [-0.39, 0.29) is 17.9 Å². The lowest BCUT2D eigenvalue weighted by molar-refractivity contribution is -0.116. The number of Topliss-reactive ketones (excluding diaryl/α,β-unsaturated/α-hetero) is 1. The Morgan fingerprint density at radius 2 is 1.87 bits per heavy atom. The summed E-state index contributed by atoms with van der Waals surface area (Å²) < 4.78 is 26.2. The molecule has 0 unspecified atom stereocenters. The van der Waals surface area contributed by atoms with Crippen LogP contribution in [0.3, 0.4) is 0 Å². The topological polar surface area (TPSA) is 58.2 Å². The fourth-order valence-electron chi connectivity index (χ4n) is 1.97. The molecule has 6 heteroatoms. The Kier molecular flexibility index (Phi) is 5.41. The first-order valence-corrected chi connectivity index (χ1v) is 7.05. The average Bonchev–Trinajstić information content (AvgIpc) is 2.50. The van der Waals surface area contributed by atoms with Crippen LogP contribution in [-0.2, 0) is 4.79 Å². The van der Waals surface area contributed by atoms with Crippen molar-refractivity contribution >= 4 is 23.1 Å². The van der Waals surface area contributed by atoms with Gasteiger partial charge in [-0.15, -0.1) is 0 Å². The van der Waals surface area contributed by atoms with Crippen molar-refractivity contribution in [1.29, 1.82) is 0 Å². The van der Waals surface area contributed by atoms with Gasteiger partial charge in [-0.25, -0.2) is 8.78 Å². The first-order valence-electron chi connectivity index (χ1n) is 7.05. The smallest absolute Gasteiger partial charge is 0.226 e. The number of benzene rings is 2. The van der Waals surface area contributed by atoms with E-state index in [1.165, 1.54) is 13.0 Å². The van der Waals surface area contributed by atoms with Crippen LogP contribution in [0.4, 0.5) is 20.2 Å². The van der Waals surface area contributed by atoms with Crippen molar-refractivity contribution in [2.24, 2.45) is 0 Å². The van der Waals surface area contributed by atoms with Gasteiger partial charge in [-0.1, -0.05) is 12.1 Å². The Morgan fingerprint density at radius 3 is 2.57 bits per heavy atom. The van der Waals surface area contributed by atoms with Crippen LogP contribution in [0.5, 0.6) is 0 Å². The van der Waals surface area contributed by atoms with E-state index < -0.39 is 17.5 Å². The number of halogens is 2. The minimum atomic E-state index is -0.819. The van der Waals surface area contributed by atoms with Crippen LogP contribution in [0.25, 0.3) is 0 Å². The van der Waals surface area contributed by atoms with E-state index in [0.717, 1.165) is 11.8 Å². The summed E-state index contributed by atoms with van der Waals surface area (Å²) in [6.07, 6.45) is 0.0983. The van der Waals surface area contributed by atoms with Crippen LogP contribution in [0, 0.1) is 11.6 Å². The summed E-state index contributed by atoms with van der Waals surface area (Å²) in [4.78, 5) is 23.0. The molecule has 2 N–H and O–H groups in total. The number of hydrogen-bond donors (Lipinski definition) is 2. The number of amides is 1. The summed E-state index contributed by atoms with van der Waals surface area (Å²) in [6, 6.07) is 9.88. The van der Waals surface area contributed by atoms with Crippen LogP contribution in [0.2, 0.25) is 0 Å². The van der Waals surface area contributed by atoms with E-state index in [1.807, 2.05) is 0 Å². The van der Waals surface area contributed by atoms with Crippen molar-refractivity contribution in [2.75, 3.05) is 17.2 Å². The monoisotopic (exact) mass is 318 g/mol.